The summed E-state index contributed by atoms with van der Waals surface area (Å²) in [4.78, 5) is 5.71. The van der Waals surface area contributed by atoms with Crippen molar-refractivity contribution in [1.29, 1.82) is 0 Å². The Morgan fingerprint density at radius 2 is 1.89 bits per heavy atom. The molecule has 0 atom stereocenters. The summed E-state index contributed by atoms with van der Waals surface area (Å²) in [6.07, 6.45) is 1.33. The van der Waals surface area contributed by atoms with Gasteiger partial charge in [0.2, 0.25) is 0 Å². The minimum Gasteiger partial charge on any atom is -0.378 e. The molecule has 0 unspecified atom stereocenters. The SMILES string of the molecule is CN(C)c1ccc(NS(=O)(=O)c2cncs2)cc1. The van der Waals surface area contributed by atoms with Crippen molar-refractivity contribution in [1.82, 2.24) is 4.98 Å². The second-order valence-corrected chi connectivity index (χ2v) is 6.66. The van der Waals surface area contributed by atoms with Gasteiger partial charge in [0.15, 0.2) is 4.21 Å². The van der Waals surface area contributed by atoms with Gasteiger partial charge in [-0.2, -0.15) is 0 Å². The molecule has 0 radical (unpaired) electrons. The lowest BCUT2D eigenvalue weighted by molar-refractivity contribution is 0.603. The Morgan fingerprint density at radius 3 is 2.39 bits per heavy atom. The zero-order valence-electron chi connectivity index (χ0n) is 9.99. The van der Waals surface area contributed by atoms with E-state index in [0.29, 0.717) is 5.69 Å². The molecule has 96 valence electrons. The summed E-state index contributed by atoms with van der Waals surface area (Å²) in [5.74, 6) is 0. The fourth-order valence-corrected chi connectivity index (χ4v) is 3.22. The number of anilines is 2. The van der Waals surface area contributed by atoms with E-state index in [2.05, 4.69) is 9.71 Å². The Morgan fingerprint density at radius 1 is 1.22 bits per heavy atom. The number of nitrogens with zero attached hydrogens (tertiary/aromatic N) is 2. The van der Waals surface area contributed by atoms with Gasteiger partial charge >= 0.3 is 0 Å². The van der Waals surface area contributed by atoms with Crippen molar-refractivity contribution < 1.29 is 8.42 Å². The van der Waals surface area contributed by atoms with Gasteiger partial charge in [-0.1, -0.05) is 0 Å². The van der Waals surface area contributed by atoms with Gasteiger partial charge in [0.05, 0.1) is 11.7 Å². The Kier molecular flexibility index (Phi) is 3.53. The number of benzene rings is 1. The molecule has 1 heterocycles. The van der Waals surface area contributed by atoms with E-state index in [0.717, 1.165) is 17.0 Å². The molecule has 0 spiro atoms. The summed E-state index contributed by atoms with van der Waals surface area (Å²) in [5.41, 5.74) is 3.04. The molecule has 0 aliphatic rings. The lowest BCUT2D eigenvalue weighted by Crippen LogP contribution is -2.12. The maximum atomic E-state index is 11.9. The highest BCUT2D eigenvalue weighted by atomic mass is 32.2. The van der Waals surface area contributed by atoms with Crippen LogP contribution in [0.15, 0.2) is 40.2 Å². The van der Waals surface area contributed by atoms with Crippen LogP contribution in [0.3, 0.4) is 0 Å². The number of aromatic nitrogens is 1. The van der Waals surface area contributed by atoms with Gasteiger partial charge < -0.3 is 4.90 Å². The Bertz CT molecular complexity index is 604. The zero-order chi connectivity index (χ0) is 13.2. The van der Waals surface area contributed by atoms with Crippen molar-refractivity contribution in [2.24, 2.45) is 0 Å². The molecule has 5 nitrogen and oxygen atoms in total. The smallest absolute Gasteiger partial charge is 0.273 e. The summed E-state index contributed by atoms with van der Waals surface area (Å²) < 4.78 is 26.6. The van der Waals surface area contributed by atoms with E-state index < -0.39 is 10.0 Å². The van der Waals surface area contributed by atoms with Crippen LogP contribution in [0, 0.1) is 0 Å². The monoisotopic (exact) mass is 283 g/mol. The largest absolute Gasteiger partial charge is 0.378 e. The second-order valence-electron chi connectivity index (χ2n) is 3.87. The molecule has 1 aromatic carbocycles. The molecule has 0 bridgehead atoms. The third-order valence-corrected chi connectivity index (χ3v) is 4.96. The van der Waals surface area contributed by atoms with Crippen LogP contribution in [0.4, 0.5) is 11.4 Å². The van der Waals surface area contributed by atoms with Crippen molar-refractivity contribution in [3.8, 4) is 0 Å². The van der Waals surface area contributed by atoms with Crippen molar-refractivity contribution >= 4 is 32.7 Å². The number of nitrogens with one attached hydrogen (secondary N) is 1. The number of rotatable bonds is 4. The molecular weight excluding hydrogens is 270 g/mol. The molecule has 18 heavy (non-hydrogen) atoms. The fraction of sp³-hybridized carbons (Fsp3) is 0.182. The molecule has 0 aliphatic carbocycles. The fourth-order valence-electron chi connectivity index (χ4n) is 1.37. The highest BCUT2D eigenvalue weighted by Crippen LogP contribution is 2.21. The van der Waals surface area contributed by atoms with E-state index in [4.69, 9.17) is 0 Å². The molecule has 7 heteroatoms. The maximum absolute atomic E-state index is 11.9. The molecule has 0 aliphatic heterocycles. The first-order valence-corrected chi connectivity index (χ1v) is 7.54. The van der Waals surface area contributed by atoms with Crippen molar-refractivity contribution in [2.75, 3.05) is 23.7 Å². The van der Waals surface area contributed by atoms with E-state index in [-0.39, 0.29) is 4.21 Å². The van der Waals surface area contributed by atoms with Crippen LogP contribution in [-0.4, -0.2) is 27.5 Å². The van der Waals surface area contributed by atoms with Crippen molar-refractivity contribution in [3.63, 3.8) is 0 Å². The van der Waals surface area contributed by atoms with Crippen LogP contribution in [0.5, 0.6) is 0 Å². The predicted molar refractivity (Wildman–Crippen MR) is 73.7 cm³/mol. The number of sulfonamides is 1. The van der Waals surface area contributed by atoms with Gasteiger partial charge in [0.25, 0.3) is 10.0 Å². The maximum Gasteiger partial charge on any atom is 0.273 e. The van der Waals surface area contributed by atoms with Gasteiger partial charge in [-0.05, 0) is 24.3 Å². The first-order chi connectivity index (χ1) is 8.49. The minimum atomic E-state index is -3.51. The predicted octanol–water partition coefficient (Wildman–Crippen LogP) is 2.01. The van der Waals surface area contributed by atoms with E-state index in [1.54, 1.807) is 12.1 Å². The average Bonchev–Trinajstić information content (AvgIpc) is 2.83. The van der Waals surface area contributed by atoms with Gasteiger partial charge in [-0.3, -0.25) is 9.71 Å². The first-order valence-electron chi connectivity index (χ1n) is 5.18. The normalized spacial score (nSPS) is 11.2. The van der Waals surface area contributed by atoms with Crippen LogP contribution < -0.4 is 9.62 Å². The summed E-state index contributed by atoms with van der Waals surface area (Å²) in [6.45, 7) is 0. The van der Waals surface area contributed by atoms with Gasteiger partial charge in [-0.15, -0.1) is 11.3 Å². The van der Waals surface area contributed by atoms with E-state index >= 15 is 0 Å². The molecule has 0 saturated heterocycles. The molecule has 1 aromatic heterocycles. The molecule has 0 amide bonds. The summed E-state index contributed by atoms with van der Waals surface area (Å²) in [5, 5.41) is 0. The lowest BCUT2D eigenvalue weighted by atomic mass is 10.3. The van der Waals surface area contributed by atoms with E-state index in [1.165, 1.54) is 11.7 Å². The van der Waals surface area contributed by atoms with Crippen LogP contribution in [0.25, 0.3) is 0 Å². The first kappa shape index (κ1) is 12.8. The van der Waals surface area contributed by atoms with Gasteiger partial charge in [-0.25, -0.2) is 8.42 Å². The van der Waals surface area contributed by atoms with Crippen LogP contribution >= 0.6 is 11.3 Å². The number of thiazole rings is 1. The minimum absolute atomic E-state index is 0.208. The van der Waals surface area contributed by atoms with Crippen molar-refractivity contribution in [3.05, 3.63) is 36.0 Å². The van der Waals surface area contributed by atoms with Gasteiger partial charge in [0, 0.05) is 25.5 Å². The molecule has 2 rings (SSSR count). The highest BCUT2D eigenvalue weighted by molar-refractivity contribution is 7.94. The Balaban J connectivity index is 2.20. The lowest BCUT2D eigenvalue weighted by Gasteiger charge is -2.13. The number of hydrogen-bond acceptors (Lipinski definition) is 5. The standard InChI is InChI=1S/C11H13N3O2S2/c1-14(2)10-5-3-9(4-6-10)13-18(15,16)11-7-12-8-17-11/h3-8,13H,1-2H3. The van der Waals surface area contributed by atoms with Crippen LogP contribution in [0.2, 0.25) is 0 Å². The summed E-state index contributed by atoms with van der Waals surface area (Å²) in [7, 11) is 0.343. The molecular formula is C11H13N3O2S2. The third kappa shape index (κ3) is 2.80. The molecule has 1 N–H and O–H groups in total. The molecule has 0 fully saturated rings. The summed E-state index contributed by atoms with van der Waals surface area (Å²) in [6, 6.07) is 7.16. The Labute approximate surface area is 110 Å². The van der Waals surface area contributed by atoms with Crippen LogP contribution in [-0.2, 0) is 10.0 Å². The van der Waals surface area contributed by atoms with Gasteiger partial charge in [0.1, 0.15) is 0 Å². The van der Waals surface area contributed by atoms with E-state index in [1.807, 2.05) is 31.1 Å². The summed E-state index contributed by atoms with van der Waals surface area (Å²) >= 11 is 1.09. The highest BCUT2D eigenvalue weighted by Gasteiger charge is 2.15. The zero-order valence-corrected chi connectivity index (χ0v) is 11.6. The second kappa shape index (κ2) is 4.95. The quantitative estimate of drug-likeness (QED) is 0.932. The third-order valence-electron chi connectivity index (χ3n) is 2.31. The molecule has 2 aromatic rings. The van der Waals surface area contributed by atoms with E-state index in [9.17, 15) is 8.42 Å². The average molecular weight is 283 g/mol. The van der Waals surface area contributed by atoms with Crippen LogP contribution in [0.1, 0.15) is 0 Å². The number of hydrogen-bond donors (Lipinski definition) is 1. The van der Waals surface area contributed by atoms with Crippen molar-refractivity contribution in [2.45, 2.75) is 4.21 Å². The Hall–Kier alpha value is -1.60. The topological polar surface area (TPSA) is 62.3 Å². The molecule has 0 saturated carbocycles.